The summed E-state index contributed by atoms with van der Waals surface area (Å²) in [6, 6.07) is 10.1. The lowest BCUT2D eigenvalue weighted by atomic mass is 9.71. The van der Waals surface area contributed by atoms with Crippen molar-refractivity contribution in [2.24, 2.45) is 10.4 Å². The van der Waals surface area contributed by atoms with Crippen molar-refractivity contribution < 1.29 is 8.78 Å². The van der Waals surface area contributed by atoms with Gasteiger partial charge >= 0.3 is 0 Å². The zero-order valence-corrected chi connectivity index (χ0v) is 18.4. The predicted molar refractivity (Wildman–Crippen MR) is 126 cm³/mol. The molecule has 3 aliphatic rings. The van der Waals surface area contributed by atoms with E-state index in [1.54, 1.807) is 0 Å². The quantitative estimate of drug-likeness (QED) is 0.592. The summed E-state index contributed by atoms with van der Waals surface area (Å²) in [6.07, 6.45) is 3.47. The van der Waals surface area contributed by atoms with Crippen LogP contribution in [0.25, 0.3) is 11.8 Å². The molecule has 1 aromatic carbocycles. The Hall–Kier alpha value is -3.02. The van der Waals surface area contributed by atoms with Crippen molar-refractivity contribution in [1.29, 1.82) is 0 Å². The lowest BCUT2D eigenvalue weighted by Crippen LogP contribution is -2.40. The van der Waals surface area contributed by atoms with Crippen molar-refractivity contribution in [1.82, 2.24) is 9.88 Å². The average molecular weight is 435 g/mol. The van der Waals surface area contributed by atoms with Crippen LogP contribution in [0, 0.1) is 12.3 Å². The van der Waals surface area contributed by atoms with Crippen LogP contribution in [0.5, 0.6) is 0 Å². The van der Waals surface area contributed by atoms with Crippen molar-refractivity contribution in [3.05, 3.63) is 66.0 Å². The van der Waals surface area contributed by atoms with Crippen LogP contribution in [-0.4, -0.2) is 28.2 Å². The summed E-state index contributed by atoms with van der Waals surface area (Å²) in [4.78, 5) is 12.0. The largest absolute Gasteiger partial charge is 0.380 e. The number of pyridine rings is 1. The summed E-state index contributed by atoms with van der Waals surface area (Å²) in [7, 11) is 0. The van der Waals surface area contributed by atoms with Crippen molar-refractivity contribution >= 4 is 29.0 Å². The molecule has 2 aliphatic heterocycles. The van der Waals surface area contributed by atoms with Gasteiger partial charge in [0.15, 0.2) is 0 Å². The Morgan fingerprint density at radius 1 is 1.16 bits per heavy atom. The number of hydrogen-bond acceptors (Lipinski definition) is 4. The van der Waals surface area contributed by atoms with Crippen LogP contribution >= 0.6 is 0 Å². The number of alkyl halides is 2. The molecule has 1 aromatic heterocycles. The number of aliphatic imine (C=N–C) groups is 1. The highest BCUT2D eigenvalue weighted by atomic mass is 19.3. The van der Waals surface area contributed by atoms with Crippen molar-refractivity contribution in [3.63, 3.8) is 0 Å². The molecule has 166 valence electrons. The number of amidine groups is 1. The predicted octanol–water partition coefficient (Wildman–Crippen LogP) is 6.56. The van der Waals surface area contributed by atoms with Crippen LogP contribution < -0.4 is 5.32 Å². The van der Waals surface area contributed by atoms with Gasteiger partial charge in [0.1, 0.15) is 11.5 Å². The van der Waals surface area contributed by atoms with Gasteiger partial charge in [0, 0.05) is 48.3 Å². The summed E-state index contributed by atoms with van der Waals surface area (Å²) in [6.45, 7) is 11.5. The van der Waals surface area contributed by atoms with E-state index < -0.39 is 5.92 Å². The molecule has 2 fully saturated rings. The standard InChI is InChI=1S/C26H28F2N4/c1-4-19-7-5-6-8-21(19)29-16-20-15-17(2)30-22-18(3)32-14-13-25(24(32)31-23(20)22)9-11-26(27,28)12-10-25/h4-8,15,29H,1,3,9-14,16H2,2H3. The van der Waals surface area contributed by atoms with Crippen LogP contribution in [0.1, 0.15) is 54.6 Å². The number of halogens is 2. The minimum absolute atomic E-state index is 0.0713. The Labute approximate surface area is 187 Å². The van der Waals surface area contributed by atoms with E-state index in [1.165, 1.54) is 0 Å². The second-order valence-corrected chi connectivity index (χ2v) is 9.18. The molecule has 1 saturated heterocycles. The third-order valence-electron chi connectivity index (χ3n) is 7.15. The molecule has 0 bridgehead atoms. The van der Waals surface area contributed by atoms with Gasteiger partial charge in [-0.25, -0.2) is 18.8 Å². The summed E-state index contributed by atoms with van der Waals surface area (Å²) < 4.78 is 27.8. The molecule has 0 radical (unpaired) electrons. The number of nitrogens with one attached hydrogen (secondary N) is 1. The van der Waals surface area contributed by atoms with Crippen molar-refractivity contribution in [2.45, 2.75) is 51.5 Å². The van der Waals surface area contributed by atoms with Crippen LogP contribution in [0.4, 0.5) is 20.2 Å². The van der Waals surface area contributed by atoms with Crippen LogP contribution in [0.15, 0.2) is 48.5 Å². The lowest BCUT2D eigenvalue weighted by Gasteiger charge is -2.39. The van der Waals surface area contributed by atoms with Gasteiger partial charge in [-0.3, -0.25) is 0 Å². The molecule has 1 saturated carbocycles. The molecule has 2 aromatic rings. The molecule has 0 atom stereocenters. The normalized spacial score (nSPS) is 20.5. The van der Waals surface area contributed by atoms with E-state index in [0.717, 1.165) is 58.4 Å². The number of anilines is 1. The molecule has 1 aliphatic carbocycles. The zero-order chi connectivity index (χ0) is 22.5. The van der Waals surface area contributed by atoms with E-state index in [2.05, 4.69) is 23.4 Å². The highest BCUT2D eigenvalue weighted by molar-refractivity contribution is 6.02. The molecule has 1 spiro atoms. The lowest BCUT2D eigenvalue weighted by molar-refractivity contribution is -0.0537. The summed E-state index contributed by atoms with van der Waals surface area (Å²) in [5, 5.41) is 3.50. The number of aromatic nitrogens is 1. The maximum Gasteiger partial charge on any atom is 0.248 e. The smallest absolute Gasteiger partial charge is 0.248 e. The second kappa shape index (κ2) is 7.54. The molecule has 4 nitrogen and oxygen atoms in total. The number of hydrogen-bond donors (Lipinski definition) is 1. The van der Waals surface area contributed by atoms with Crippen molar-refractivity contribution in [2.75, 3.05) is 11.9 Å². The first kappa shape index (κ1) is 20.9. The molecular weight excluding hydrogens is 406 g/mol. The molecule has 6 heteroatoms. The zero-order valence-electron chi connectivity index (χ0n) is 18.4. The molecule has 3 heterocycles. The number of benzene rings is 1. The van der Waals surface area contributed by atoms with Gasteiger partial charge in [-0.15, -0.1) is 0 Å². The molecule has 0 unspecified atom stereocenters. The van der Waals surface area contributed by atoms with Gasteiger partial charge in [-0.1, -0.05) is 37.4 Å². The SMILES string of the molecule is C=Cc1ccccc1NCc1cc(C)nc2c1N=C1N(CCC13CCC(F)(F)CC3)C2=C. The number of rotatable bonds is 4. The van der Waals surface area contributed by atoms with Gasteiger partial charge < -0.3 is 10.2 Å². The van der Waals surface area contributed by atoms with Gasteiger partial charge in [0.25, 0.3) is 0 Å². The van der Waals surface area contributed by atoms with E-state index in [0.29, 0.717) is 19.4 Å². The van der Waals surface area contributed by atoms with Crippen LogP contribution in [0.2, 0.25) is 0 Å². The third kappa shape index (κ3) is 3.42. The van der Waals surface area contributed by atoms with Gasteiger partial charge in [-0.2, -0.15) is 0 Å². The Kier molecular flexibility index (Phi) is 4.91. The Morgan fingerprint density at radius 3 is 2.66 bits per heavy atom. The average Bonchev–Trinajstić information content (AvgIpc) is 3.14. The monoisotopic (exact) mass is 434 g/mol. The Morgan fingerprint density at radius 2 is 1.91 bits per heavy atom. The first-order chi connectivity index (χ1) is 15.3. The van der Waals surface area contributed by atoms with Gasteiger partial charge in [0.2, 0.25) is 5.92 Å². The highest BCUT2D eigenvalue weighted by Gasteiger charge is 2.52. The molecular formula is C26H28F2N4. The summed E-state index contributed by atoms with van der Waals surface area (Å²) in [5.41, 5.74) is 6.12. The van der Waals surface area contributed by atoms with Gasteiger partial charge in [0.05, 0.1) is 11.4 Å². The number of fused-ring (bicyclic) bond motifs is 3. The van der Waals surface area contributed by atoms with E-state index >= 15 is 0 Å². The fourth-order valence-corrected chi connectivity index (χ4v) is 5.29. The molecule has 5 rings (SSSR count). The maximum absolute atomic E-state index is 13.9. The molecule has 1 N–H and O–H groups in total. The first-order valence-electron chi connectivity index (χ1n) is 11.2. The minimum Gasteiger partial charge on any atom is -0.380 e. The third-order valence-corrected chi connectivity index (χ3v) is 7.15. The van der Waals surface area contributed by atoms with Crippen LogP contribution in [0.3, 0.4) is 0 Å². The van der Waals surface area contributed by atoms with E-state index in [4.69, 9.17) is 9.98 Å². The fourth-order valence-electron chi connectivity index (χ4n) is 5.29. The highest BCUT2D eigenvalue weighted by Crippen LogP contribution is 2.53. The number of nitrogens with zero attached hydrogens (tertiary/aromatic N) is 3. The summed E-state index contributed by atoms with van der Waals surface area (Å²) >= 11 is 0. The minimum atomic E-state index is -2.56. The van der Waals surface area contributed by atoms with Crippen molar-refractivity contribution in [3.8, 4) is 0 Å². The topological polar surface area (TPSA) is 40.5 Å². The van der Waals surface area contributed by atoms with Gasteiger partial charge in [-0.05, 0) is 43.9 Å². The summed E-state index contributed by atoms with van der Waals surface area (Å²) in [5.74, 6) is -1.65. The second-order valence-electron chi connectivity index (χ2n) is 9.18. The maximum atomic E-state index is 13.9. The Balaban J connectivity index is 1.52. The van der Waals surface area contributed by atoms with E-state index in [1.807, 2.05) is 43.3 Å². The number of para-hydroxylation sites is 1. The molecule has 32 heavy (non-hydrogen) atoms. The fraction of sp³-hybridized carbons (Fsp3) is 0.385. The van der Waals surface area contributed by atoms with E-state index in [9.17, 15) is 8.78 Å². The molecule has 0 amide bonds. The first-order valence-corrected chi connectivity index (χ1v) is 11.2. The number of aryl methyl sites for hydroxylation is 1. The Bertz CT molecular complexity index is 1120. The van der Waals surface area contributed by atoms with Crippen LogP contribution in [-0.2, 0) is 6.54 Å². The van der Waals surface area contributed by atoms with E-state index in [-0.39, 0.29) is 18.3 Å².